The zero-order valence-corrected chi connectivity index (χ0v) is 16.2. The Kier molecular flexibility index (Phi) is 5.32. The van der Waals surface area contributed by atoms with Crippen LogP contribution in [0.4, 0.5) is 18.9 Å². The van der Waals surface area contributed by atoms with Gasteiger partial charge in [0.15, 0.2) is 0 Å². The number of halogens is 4. The molecule has 9 heteroatoms. The lowest BCUT2D eigenvalue weighted by molar-refractivity contribution is -0.137. The zero-order chi connectivity index (χ0) is 21.5. The van der Waals surface area contributed by atoms with Crippen molar-refractivity contribution >= 4 is 34.1 Å². The molecule has 5 nitrogen and oxygen atoms in total. The van der Waals surface area contributed by atoms with Gasteiger partial charge in [0.25, 0.3) is 11.5 Å². The lowest BCUT2D eigenvalue weighted by Gasteiger charge is -2.22. The van der Waals surface area contributed by atoms with Crippen molar-refractivity contribution in [2.45, 2.75) is 13.1 Å². The number of carbonyl (C=O) groups is 1. The molecule has 0 bridgehead atoms. The van der Waals surface area contributed by atoms with Crippen molar-refractivity contribution in [3.63, 3.8) is 0 Å². The topological polar surface area (TPSA) is 62.5 Å². The summed E-state index contributed by atoms with van der Waals surface area (Å²) in [6.07, 6.45) is -4.51. The van der Waals surface area contributed by atoms with Gasteiger partial charge in [-0.2, -0.15) is 13.2 Å². The van der Waals surface area contributed by atoms with Crippen molar-refractivity contribution in [1.82, 2.24) is 4.57 Å². The molecule has 0 spiro atoms. The molecule has 1 heterocycles. The van der Waals surface area contributed by atoms with Gasteiger partial charge in [-0.05, 0) is 43.3 Å². The van der Waals surface area contributed by atoms with Crippen LogP contribution in [0.1, 0.15) is 22.8 Å². The van der Waals surface area contributed by atoms with E-state index in [1.165, 1.54) is 17.7 Å². The molecule has 0 aliphatic heterocycles. The number of hydrogen-bond donors (Lipinski definition) is 1. The SMILES string of the molecule is CCN(C(=O)c1c(O)c2c(Cl)cccc2n(C)c1=O)c1ccc(C(F)(F)F)cc1. The summed E-state index contributed by atoms with van der Waals surface area (Å²) in [4.78, 5) is 27.0. The van der Waals surface area contributed by atoms with E-state index in [0.717, 1.165) is 29.2 Å². The molecule has 0 fully saturated rings. The average molecular weight is 425 g/mol. The first-order valence-electron chi connectivity index (χ1n) is 8.57. The molecule has 0 aliphatic rings. The number of carbonyl (C=O) groups excluding carboxylic acids is 1. The van der Waals surface area contributed by atoms with Crippen molar-refractivity contribution < 1.29 is 23.1 Å². The smallest absolute Gasteiger partial charge is 0.416 e. The molecule has 152 valence electrons. The third-order valence-electron chi connectivity index (χ3n) is 4.63. The Morgan fingerprint density at radius 3 is 2.34 bits per heavy atom. The fourth-order valence-corrected chi connectivity index (χ4v) is 3.39. The number of hydrogen-bond acceptors (Lipinski definition) is 3. The molecule has 3 rings (SSSR count). The van der Waals surface area contributed by atoms with E-state index in [2.05, 4.69) is 0 Å². The van der Waals surface area contributed by atoms with Crippen LogP contribution in [0.25, 0.3) is 10.9 Å². The second kappa shape index (κ2) is 7.44. The predicted molar refractivity (Wildman–Crippen MR) is 105 cm³/mol. The third-order valence-corrected chi connectivity index (χ3v) is 4.94. The van der Waals surface area contributed by atoms with E-state index in [9.17, 15) is 27.9 Å². The molecule has 2 aromatic carbocycles. The number of anilines is 1. The minimum absolute atomic E-state index is 0.0628. The number of pyridine rings is 1. The molecule has 1 aromatic heterocycles. The molecule has 0 saturated heterocycles. The van der Waals surface area contributed by atoms with Gasteiger partial charge >= 0.3 is 6.18 Å². The summed E-state index contributed by atoms with van der Waals surface area (Å²) in [5.41, 5.74) is -1.61. The number of aromatic hydroxyl groups is 1. The molecular weight excluding hydrogens is 409 g/mol. The maximum atomic E-state index is 13.1. The van der Waals surface area contributed by atoms with Crippen LogP contribution >= 0.6 is 11.6 Å². The Morgan fingerprint density at radius 1 is 1.17 bits per heavy atom. The zero-order valence-electron chi connectivity index (χ0n) is 15.4. The Labute approximate surface area is 168 Å². The Morgan fingerprint density at radius 2 is 1.79 bits per heavy atom. The van der Waals surface area contributed by atoms with Gasteiger partial charge in [-0.1, -0.05) is 17.7 Å². The largest absolute Gasteiger partial charge is 0.506 e. The van der Waals surface area contributed by atoms with Crippen LogP contribution in [0, 0.1) is 0 Å². The highest BCUT2D eigenvalue weighted by Crippen LogP contribution is 2.34. The number of benzene rings is 2. The number of fused-ring (bicyclic) bond motifs is 1. The van der Waals surface area contributed by atoms with E-state index in [1.54, 1.807) is 19.1 Å². The van der Waals surface area contributed by atoms with Gasteiger partial charge in [0.1, 0.15) is 11.3 Å². The minimum Gasteiger partial charge on any atom is -0.506 e. The summed E-state index contributed by atoms with van der Waals surface area (Å²) in [7, 11) is 1.44. The number of alkyl halides is 3. The Balaban J connectivity index is 2.15. The molecule has 3 aromatic rings. The van der Waals surface area contributed by atoms with E-state index >= 15 is 0 Å². The Hall–Kier alpha value is -3.00. The van der Waals surface area contributed by atoms with Crippen LogP contribution in [0.2, 0.25) is 5.02 Å². The third kappa shape index (κ3) is 3.55. The van der Waals surface area contributed by atoms with Gasteiger partial charge in [-0.15, -0.1) is 0 Å². The van der Waals surface area contributed by atoms with Crippen molar-refractivity contribution in [1.29, 1.82) is 0 Å². The molecule has 0 radical (unpaired) electrons. The molecule has 0 unspecified atom stereocenters. The van der Waals surface area contributed by atoms with E-state index in [-0.39, 0.29) is 22.6 Å². The second-order valence-corrected chi connectivity index (χ2v) is 6.72. The normalized spacial score (nSPS) is 11.7. The van der Waals surface area contributed by atoms with Crippen LogP contribution in [0.5, 0.6) is 5.75 Å². The van der Waals surface area contributed by atoms with Crippen LogP contribution in [0.15, 0.2) is 47.3 Å². The quantitative estimate of drug-likeness (QED) is 0.669. The first-order valence-corrected chi connectivity index (χ1v) is 8.95. The summed E-state index contributed by atoms with van der Waals surface area (Å²) in [6.45, 7) is 1.67. The van der Waals surface area contributed by atoms with Crippen LogP contribution in [0.3, 0.4) is 0 Å². The van der Waals surface area contributed by atoms with Crippen molar-refractivity contribution in [3.8, 4) is 5.75 Å². The first kappa shape index (κ1) is 20.7. The second-order valence-electron chi connectivity index (χ2n) is 6.32. The summed E-state index contributed by atoms with van der Waals surface area (Å²) in [5.74, 6) is -1.41. The highest BCUT2D eigenvalue weighted by atomic mass is 35.5. The molecule has 1 amide bonds. The number of aromatic nitrogens is 1. The molecule has 0 aliphatic carbocycles. The lowest BCUT2D eigenvalue weighted by atomic mass is 10.1. The maximum Gasteiger partial charge on any atom is 0.416 e. The fourth-order valence-electron chi connectivity index (χ4n) is 3.13. The highest BCUT2D eigenvalue weighted by molar-refractivity contribution is 6.36. The van der Waals surface area contributed by atoms with E-state index in [1.807, 2.05) is 0 Å². The molecule has 1 N–H and O–H groups in total. The van der Waals surface area contributed by atoms with E-state index in [0.29, 0.717) is 5.52 Å². The number of amides is 1. The van der Waals surface area contributed by atoms with E-state index in [4.69, 9.17) is 11.6 Å². The number of aryl methyl sites for hydroxylation is 1. The highest BCUT2D eigenvalue weighted by Gasteiger charge is 2.31. The van der Waals surface area contributed by atoms with Gasteiger partial charge < -0.3 is 14.6 Å². The molecule has 29 heavy (non-hydrogen) atoms. The van der Waals surface area contributed by atoms with Crippen LogP contribution in [-0.2, 0) is 13.2 Å². The van der Waals surface area contributed by atoms with Crippen molar-refractivity contribution in [2.24, 2.45) is 7.05 Å². The number of rotatable bonds is 3. The van der Waals surface area contributed by atoms with Crippen molar-refractivity contribution in [3.05, 3.63) is 69.0 Å². The summed E-state index contributed by atoms with van der Waals surface area (Å²) < 4.78 is 39.6. The van der Waals surface area contributed by atoms with Gasteiger partial charge in [0, 0.05) is 19.3 Å². The van der Waals surface area contributed by atoms with Crippen molar-refractivity contribution in [2.75, 3.05) is 11.4 Å². The molecular formula is C20H16ClF3N2O3. The van der Waals surface area contributed by atoms with Gasteiger partial charge in [-0.3, -0.25) is 9.59 Å². The fraction of sp³-hybridized carbons (Fsp3) is 0.200. The number of nitrogens with zero attached hydrogens (tertiary/aromatic N) is 2. The predicted octanol–water partition coefficient (Wildman–Crippen LogP) is 4.58. The van der Waals surface area contributed by atoms with Gasteiger partial charge in [0.2, 0.25) is 0 Å². The standard InChI is InChI=1S/C20H16ClF3N2O3/c1-3-26(12-9-7-11(8-10-12)20(22,23)24)19(29)16-17(27)15-13(21)5-4-6-14(15)25(2)18(16)28/h4-10,27H,3H2,1-2H3. The van der Waals surface area contributed by atoms with Crippen LogP contribution < -0.4 is 10.5 Å². The van der Waals surface area contributed by atoms with Crippen LogP contribution in [-0.4, -0.2) is 22.1 Å². The Bertz CT molecular complexity index is 1150. The monoisotopic (exact) mass is 424 g/mol. The maximum absolute atomic E-state index is 13.1. The summed E-state index contributed by atoms with van der Waals surface area (Å²) in [5, 5.41) is 11.0. The average Bonchev–Trinajstić information content (AvgIpc) is 2.66. The molecule has 0 saturated carbocycles. The summed E-state index contributed by atoms with van der Waals surface area (Å²) >= 11 is 6.15. The minimum atomic E-state index is -4.51. The lowest BCUT2D eigenvalue weighted by Crippen LogP contribution is -2.36. The van der Waals surface area contributed by atoms with Gasteiger partial charge in [-0.25, -0.2) is 0 Å². The van der Waals surface area contributed by atoms with E-state index < -0.39 is 34.5 Å². The first-order chi connectivity index (χ1) is 13.6. The summed E-state index contributed by atoms with van der Waals surface area (Å²) in [6, 6.07) is 8.66. The molecule has 0 atom stereocenters. The van der Waals surface area contributed by atoms with Gasteiger partial charge in [0.05, 0.1) is 21.5 Å².